The summed E-state index contributed by atoms with van der Waals surface area (Å²) in [5, 5.41) is 2.88. The number of hydrogen-bond donors (Lipinski definition) is 1. The summed E-state index contributed by atoms with van der Waals surface area (Å²) in [5.74, 6) is -0.241. The maximum Gasteiger partial charge on any atom is 0.257 e. The third-order valence-electron chi connectivity index (χ3n) is 2.74. The molecule has 0 saturated carbocycles. The van der Waals surface area contributed by atoms with Crippen molar-refractivity contribution in [3.05, 3.63) is 24.2 Å². The van der Waals surface area contributed by atoms with Gasteiger partial charge in [-0.25, -0.2) is 0 Å². The van der Waals surface area contributed by atoms with E-state index in [-0.39, 0.29) is 23.8 Å². The van der Waals surface area contributed by atoms with E-state index in [2.05, 4.69) is 5.32 Å². The molecule has 0 unspecified atom stereocenters. The molecule has 1 aromatic rings. The van der Waals surface area contributed by atoms with Crippen molar-refractivity contribution in [2.45, 2.75) is 32.7 Å². The van der Waals surface area contributed by atoms with Crippen LogP contribution >= 0.6 is 0 Å². The predicted octanol–water partition coefficient (Wildman–Crippen LogP) is 1.67. The molecule has 0 aromatic carbocycles. The fraction of sp³-hybridized carbons (Fsp3) is 0.600. The van der Waals surface area contributed by atoms with Gasteiger partial charge in [0.1, 0.15) is 6.26 Å². The molecule has 0 bridgehead atoms. The van der Waals surface area contributed by atoms with Gasteiger partial charge in [0.25, 0.3) is 5.91 Å². The van der Waals surface area contributed by atoms with Crippen LogP contribution in [0.15, 0.2) is 23.0 Å². The minimum atomic E-state index is -0.275. The van der Waals surface area contributed by atoms with Gasteiger partial charge in [-0.15, -0.1) is 0 Å². The maximum absolute atomic E-state index is 12.3. The number of amides is 2. The lowest BCUT2D eigenvalue weighted by Gasteiger charge is -2.24. The monoisotopic (exact) mass is 296 g/mol. The highest BCUT2D eigenvalue weighted by Crippen LogP contribution is 2.07. The molecule has 0 aliphatic rings. The van der Waals surface area contributed by atoms with E-state index < -0.39 is 0 Å². The van der Waals surface area contributed by atoms with Gasteiger partial charge in [0.15, 0.2) is 0 Å². The van der Waals surface area contributed by atoms with E-state index in [0.29, 0.717) is 25.3 Å². The lowest BCUT2D eigenvalue weighted by Crippen LogP contribution is -2.43. The quantitative estimate of drug-likeness (QED) is 0.831. The Morgan fingerprint density at radius 1 is 1.33 bits per heavy atom. The van der Waals surface area contributed by atoms with Crippen molar-refractivity contribution >= 4 is 11.8 Å². The Labute approximate surface area is 125 Å². The fourth-order valence-electron chi connectivity index (χ4n) is 1.80. The standard InChI is InChI=1S/C15H24N2O4/c1-15(2,3)16-13(18)5-7-17(8-10-20-4)14(19)12-6-9-21-11-12/h6,9,11H,5,7-8,10H2,1-4H3,(H,16,18). The van der Waals surface area contributed by atoms with Gasteiger partial charge in [-0.05, 0) is 26.8 Å². The molecule has 1 N–H and O–H groups in total. The van der Waals surface area contributed by atoms with Gasteiger partial charge in [-0.3, -0.25) is 9.59 Å². The van der Waals surface area contributed by atoms with E-state index in [1.807, 2.05) is 20.8 Å². The summed E-state index contributed by atoms with van der Waals surface area (Å²) in [5.41, 5.74) is 0.200. The molecular formula is C15H24N2O4. The molecule has 0 saturated heterocycles. The molecular weight excluding hydrogens is 272 g/mol. The maximum atomic E-state index is 12.3. The van der Waals surface area contributed by atoms with Crippen LogP contribution in [0, 0.1) is 0 Å². The van der Waals surface area contributed by atoms with Crippen LogP contribution in [0.25, 0.3) is 0 Å². The first-order chi connectivity index (χ1) is 9.83. The van der Waals surface area contributed by atoms with Crippen LogP contribution in [0.1, 0.15) is 37.6 Å². The van der Waals surface area contributed by atoms with E-state index in [4.69, 9.17) is 9.15 Å². The summed E-state index contributed by atoms with van der Waals surface area (Å²) in [6.45, 7) is 6.96. The van der Waals surface area contributed by atoms with Gasteiger partial charge in [-0.2, -0.15) is 0 Å². The van der Waals surface area contributed by atoms with Gasteiger partial charge >= 0.3 is 0 Å². The summed E-state index contributed by atoms with van der Waals surface area (Å²) in [7, 11) is 1.58. The molecule has 1 heterocycles. The highest BCUT2D eigenvalue weighted by molar-refractivity contribution is 5.94. The zero-order chi connectivity index (χ0) is 15.9. The Morgan fingerprint density at radius 3 is 2.57 bits per heavy atom. The number of ether oxygens (including phenoxy) is 1. The zero-order valence-electron chi connectivity index (χ0n) is 13.1. The Bertz CT molecular complexity index is 449. The molecule has 0 aliphatic carbocycles. The first-order valence-electron chi connectivity index (χ1n) is 6.95. The second-order valence-electron chi connectivity index (χ2n) is 5.85. The van der Waals surface area contributed by atoms with Crippen LogP contribution < -0.4 is 5.32 Å². The summed E-state index contributed by atoms with van der Waals surface area (Å²) >= 11 is 0. The van der Waals surface area contributed by atoms with Crippen LogP contribution in [0.3, 0.4) is 0 Å². The van der Waals surface area contributed by atoms with Crippen molar-refractivity contribution in [2.24, 2.45) is 0 Å². The molecule has 6 nitrogen and oxygen atoms in total. The Morgan fingerprint density at radius 2 is 2.05 bits per heavy atom. The smallest absolute Gasteiger partial charge is 0.257 e. The van der Waals surface area contributed by atoms with Crippen molar-refractivity contribution in [1.82, 2.24) is 10.2 Å². The first-order valence-corrected chi connectivity index (χ1v) is 6.95. The van der Waals surface area contributed by atoms with Gasteiger partial charge in [0.2, 0.25) is 5.91 Å². The average Bonchev–Trinajstić information content (AvgIpc) is 2.90. The fourth-order valence-corrected chi connectivity index (χ4v) is 1.80. The van der Waals surface area contributed by atoms with E-state index >= 15 is 0 Å². The highest BCUT2D eigenvalue weighted by Gasteiger charge is 2.19. The van der Waals surface area contributed by atoms with E-state index in [0.717, 1.165) is 0 Å². The third-order valence-corrected chi connectivity index (χ3v) is 2.74. The van der Waals surface area contributed by atoms with Crippen LogP contribution in [-0.4, -0.2) is 49.1 Å². The Hall–Kier alpha value is -1.82. The number of rotatable bonds is 7. The average molecular weight is 296 g/mol. The van der Waals surface area contributed by atoms with Crippen LogP contribution in [-0.2, 0) is 9.53 Å². The number of methoxy groups -OCH3 is 1. The molecule has 0 aliphatic heterocycles. The predicted molar refractivity (Wildman–Crippen MR) is 79.0 cm³/mol. The van der Waals surface area contributed by atoms with Gasteiger partial charge in [0, 0.05) is 32.2 Å². The van der Waals surface area contributed by atoms with E-state index in [1.165, 1.54) is 12.5 Å². The Kier molecular flexibility index (Phi) is 6.42. The second kappa shape index (κ2) is 7.83. The molecule has 118 valence electrons. The molecule has 1 aromatic heterocycles. The summed E-state index contributed by atoms with van der Waals surface area (Å²) in [4.78, 5) is 25.7. The normalized spacial score (nSPS) is 11.2. The summed E-state index contributed by atoms with van der Waals surface area (Å²) in [6.07, 6.45) is 3.11. The molecule has 2 amide bonds. The Balaban J connectivity index is 2.58. The summed E-state index contributed by atoms with van der Waals surface area (Å²) < 4.78 is 9.93. The largest absolute Gasteiger partial charge is 0.472 e. The minimum absolute atomic E-state index is 0.0788. The van der Waals surface area contributed by atoms with Crippen molar-refractivity contribution in [1.29, 1.82) is 0 Å². The molecule has 0 spiro atoms. The number of hydrogen-bond acceptors (Lipinski definition) is 4. The number of furan rings is 1. The third kappa shape index (κ3) is 6.44. The SMILES string of the molecule is COCCN(CCC(=O)NC(C)(C)C)C(=O)c1ccoc1. The molecule has 1 rings (SSSR count). The second-order valence-corrected chi connectivity index (χ2v) is 5.85. The molecule has 0 atom stereocenters. The van der Waals surface area contributed by atoms with Crippen LogP contribution in [0.4, 0.5) is 0 Å². The number of nitrogens with zero attached hydrogens (tertiary/aromatic N) is 1. The van der Waals surface area contributed by atoms with Crippen molar-refractivity contribution in [3.8, 4) is 0 Å². The lowest BCUT2D eigenvalue weighted by molar-refractivity contribution is -0.122. The molecule has 6 heteroatoms. The van der Waals surface area contributed by atoms with Crippen LogP contribution in [0.2, 0.25) is 0 Å². The molecule has 0 radical (unpaired) electrons. The topological polar surface area (TPSA) is 71.8 Å². The number of carbonyl (C=O) groups excluding carboxylic acids is 2. The zero-order valence-corrected chi connectivity index (χ0v) is 13.1. The molecule has 0 fully saturated rings. The van der Waals surface area contributed by atoms with Gasteiger partial charge in [0.05, 0.1) is 18.4 Å². The highest BCUT2D eigenvalue weighted by atomic mass is 16.5. The number of carbonyl (C=O) groups is 2. The van der Waals surface area contributed by atoms with E-state index in [9.17, 15) is 9.59 Å². The van der Waals surface area contributed by atoms with Crippen molar-refractivity contribution < 1.29 is 18.7 Å². The van der Waals surface area contributed by atoms with Crippen molar-refractivity contribution in [3.63, 3.8) is 0 Å². The van der Waals surface area contributed by atoms with E-state index in [1.54, 1.807) is 18.1 Å². The molecule has 21 heavy (non-hydrogen) atoms. The summed E-state index contributed by atoms with van der Waals surface area (Å²) in [6, 6.07) is 1.61. The van der Waals surface area contributed by atoms with Crippen molar-refractivity contribution in [2.75, 3.05) is 26.8 Å². The number of nitrogens with one attached hydrogen (secondary N) is 1. The van der Waals surface area contributed by atoms with Gasteiger partial charge in [-0.1, -0.05) is 0 Å². The lowest BCUT2D eigenvalue weighted by atomic mass is 10.1. The van der Waals surface area contributed by atoms with Crippen LogP contribution in [0.5, 0.6) is 0 Å². The first kappa shape index (κ1) is 17.2. The van der Waals surface area contributed by atoms with Gasteiger partial charge < -0.3 is 19.4 Å². The minimum Gasteiger partial charge on any atom is -0.472 e.